The Hall–Kier alpha value is -5.66. The maximum absolute atomic E-state index is 2.53. The molecule has 3 unspecified atom stereocenters. The Bertz CT molecular complexity index is 2590. The second-order valence-electron chi connectivity index (χ2n) is 18.7. The zero-order chi connectivity index (χ0) is 39.5. The molecule has 3 saturated carbocycles. The van der Waals surface area contributed by atoms with Gasteiger partial charge in [-0.05, 0) is 153 Å². The summed E-state index contributed by atoms with van der Waals surface area (Å²) < 4.78 is 0. The molecule has 0 radical (unpaired) electrons. The van der Waals surface area contributed by atoms with Crippen molar-refractivity contribution in [3.05, 3.63) is 186 Å². The van der Waals surface area contributed by atoms with Gasteiger partial charge in [-0.1, -0.05) is 167 Å². The highest BCUT2D eigenvalue weighted by molar-refractivity contribution is 5.98. The molecule has 292 valence electrons. The lowest BCUT2D eigenvalue weighted by atomic mass is 9.81. The van der Waals surface area contributed by atoms with Crippen molar-refractivity contribution < 1.29 is 0 Å². The summed E-state index contributed by atoms with van der Waals surface area (Å²) in [6, 6.07) is 62.5. The Morgan fingerprint density at radius 2 is 1.07 bits per heavy atom. The first-order valence-electron chi connectivity index (χ1n) is 22.5. The summed E-state index contributed by atoms with van der Waals surface area (Å²) in [7, 11) is 0. The van der Waals surface area contributed by atoms with Crippen LogP contribution in [-0.2, 0) is 5.41 Å². The van der Waals surface area contributed by atoms with Crippen molar-refractivity contribution in [2.75, 3.05) is 4.90 Å². The van der Waals surface area contributed by atoms with E-state index in [1.807, 2.05) is 0 Å². The average molecular weight is 766 g/mol. The molecule has 0 spiro atoms. The molecule has 7 aromatic rings. The lowest BCUT2D eigenvalue weighted by Gasteiger charge is -2.31. The molecule has 0 aromatic heterocycles. The molecule has 0 N–H and O–H groups in total. The molecule has 0 saturated heterocycles. The number of fused-ring (bicyclic) bond motifs is 5. The predicted molar refractivity (Wildman–Crippen MR) is 249 cm³/mol. The number of benzene rings is 7. The Labute approximate surface area is 351 Å². The van der Waals surface area contributed by atoms with E-state index in [0.717, 1.165) is 17.8 Å². The largest absolute Gasteiger partial charge is 0.310 e. The van der Waals surface area contributed by atoms with Crippen LogP contribution >= 0.6 is 0 Å². The smallest absolute Gasteiger partial charge is 0.0543 e. The van der Waals surface area contributed by atoms with Crippen molar-refractivity contribution in [1.82, 2.24) is 0 Å². The van der Waals surface area contributed by atoms with Crippen LogP contribution in [0.4, 0.5) is 17.1 Å². The van der Waals surface area contributed by atoms with Crippen molar-refractivity contribution in [2.24, 2.45) is 11.8 Å². The van der Waals surface area contributed by atoms with Gasteiger partial charge in [0.2, 0.25) is 0 Å². The fourth-order valence-electron chi connectivity index (χ4n) is 11.9. The average Bonchev–Trinajstić information content (AvgIpc) is 4.00. The molecule has 1 nitrogen and oxygen atoms in total. The lowest BCUT2D eigenvalue weighted by Crippen LogP contribution is -2.17. The first-order valence-corrected chi connectivity index (χ1v) is 22.5. The standard InChI is InChI=1S/C58H55N/c1-58(2)54-20-12-19-50(44-15-8-4-9-16-44)57(54)53-37-52(45-17-10-5-11-18-45)56(38-55(53)58)59(48-31-27-42(28-32-48)40-13-6-3-7-14-40)49-33-29-43(30-34-49)41-23-25-46(26-24-41)51-36-39-21-22-47(51)35-39/h4-5,8-12,15-20,23-34,37-40,47,51H,3,6-7,13-14,21-22,35-36H2,1-2H3. The Morgan fingerprint density at radius 3 is 1.69 bits per heavy atom. The summed E-state index contributed by atoms with van der Waals surface area (Å²) in [6.45, 7) is 4.83. The van der Waals surface area contributed by atoms with Gasteiger partial charge < -0.3 is 4.90 Å². The second-order valence-corrected chi connectivity index (χ2v) is 18.7. The molecular formula is C58H55N. The topological polar surface area (TPSA) is 3.24 Å². The SMILES string of the molecule is CC1(C)c2cc(N(c3ccc(-c4ccc(C5CC6CCC5C6)cc4)cc3)c3ccc(C4CCCCC4)cc3)c(-c3ccccc3)cc2-c2c(-c3ccccc3)cccc21. The second kappa shape index (κ2) is 14.9. The van der Waals surface area contributed by atoms with Crippen molar-refractivity contribution in [3.8, 4) is 44.5 Å². The first kappa shape index (κ1) is 36.4. The minimum Gasteiger partial charge on any atom is -0.310 e. The summed E-state index contributed by atoms with van der Waals surface area (Å²) in [4.78, 5) is 2.53. The monoisotopic (exact) mass is 765 g/mol. The van der Waals surface area contributed by atoms with Crippen LogP contribution in [0.5, 0.6) is 0 Å². The maximum Gasteiger partial charge on any atom is 0.0543 e. The van der Waals surface area contributed by atoms with Crippen molar-refractivity contribution in [3.63, 3.8) is 0 Å². The summed E-state index contributed by atoms with van der Waals surface area (Å²) in [5, 5.41) is 0. The fraction of sp³-hybridized carbons (Fsp3) is 0.276. The minimum absolute atomic E-state index is 0.177. The Morgan fingerprint density at radius 1 is 0.458 bits per heavy atom. The molecule has 3 atom stereocenters. The van der Waals surface area contributed by atoms with Crippen LogP contribution in [0, 0.1) is 11.8 Å². The third-order valence-electron chi connectivity index (χ3n) is 15.0. The molecular weight excluding hydrogens is 711 g/mol. The fourth-order valence-corrected chi connectivity index (χ4v) is 11.9. The van der Waals surface area contributed by atoms with Crippen LogP contribution in [0.25, 0.3) is 44.5 Å². The van der Waals surface area contributed by atoms with Crippen molar-refractivity contribution >= 4 is 17.1 Å². The van der Waals surface area contributed by atoms with Gasteiger partial charge in [-0.3, -0.25) is 0 Å². The molecule has 4 aliphatic rings. The van der Waals surface area contributed by atoms with E-state index in [0.29, 0.717) is 5.92 Å². The first-order chi connectivity index (χ1) is 29.0. The molecule has 1 heteroatoms. The van der Waals surface area contributed by atoms with Gasteiger partial charge in [0.15, 0.2) is 0 Å². The van der Waals surface area contributed by atoms with Gasteiger partial charge in [0.1, 0.15) is 0 Å². The molecule has 7 aromatic carbocycles. The van der Waals surface area contributed by atoms with Crippen LogP contribution in [0.3, 0.4) is 0 Å². The zero-order valence-corrected chi connectivity index (χ0v) is 34.7. The third kappa shape index (κ3) is 6.46. The van der Waals surface area contributed by atoms with Gasteiger partial charge in [-0.2, -0.15) is 0 Å². The quantitative estimate of drug-likeness (QED) is 0.149. The van der Waals surface area contributed by atoms with Crippen LogP contribution in [0.1, 0.15) is 106 Å². The molecule has 4 aliphatic carbocycles. The van der Waals surface area contributed by atoms with E-state index in [-0.39, 0.29) is 5.41 Å². The lowest BCUT2D eigenvalue weighted by molar-refractivity contribution is 0.420. The predicted octanol–water partition coefficient (Wildman–Crippen LogP) is 16.4. The number of hydrogen-bond acceptors (Lipinski definition) is 1. The Kier molecular flexibility index (Phi) is 9.18. The van der Waals surface area contributed by atoms with Gasteiger partial charge in [-0.25, -0.2) is 0 Å². The van der Waals surface area contributed by atoms with Crippen LogP contribution in [-0.4, -0.2) is 0 Å². The molecule has 0 amide bonds. The number of anilines is 3. The van der Waals surface area contributed by atoms with Gasteiger partial charge in [0.25, 0.3) is 0 Å². The van der Waals surface area contributed by atoms with E-state index in [1.54, 1.807) is 5.56 Å². The van der Waals surface area contributed by atoms with Gasteiger partial charge in [0, 0.05) is 22.4 Å². The van der Waals surface area contributed by atoms with Crippen LogP contribution in [0.2, 0.25) is 0 Å². The number of hydrogen-bond donors (Lipinski definition) is 0. The molecule has 11 rings (SSSR count). The Balaban J connectivity index is 1.05. The van der Waals surface area contributed by atoms with Gasteiger partial charge in [-0.15, -0.1) is 0 Å². The summed E-state index contributed by atoms with van der Waals surface area (Å²) in [6.07, 6.45) is 12.4. The molecule has 3 fully saturated rings. The normalized spacial score (nSPS) is 20.3. The minimum atomic E-state index is -0.177. The van der Waals surface area contributed by atoms with E-state index in [1.165, 1.54) is 136 Å². The summed E-state index contributed by atoms with van der Waals surface area (Å²) in [5.41, 5.74) is 19.5. The van der Waals surface area contributed by atoms with E-state index in [9.17, 15) is 0 Å². The van der Waals surface area contributed by atoms with Crippen molar-refractivity contribution in [2.45, 2.75) is 88.9 Å². The molecule has 2 bridgehead atoms. The summed E-state index contributed by atoms with van der Waals surface area (Å²) >= 11 is 0. The summed E-state index contributed by atoms with van der Waals surface area (Å²) in [5.74, 6) is 3.29. The third-order valence-corrected chi connectivity index (χ3v) is 15.0. The van der Waals surface area contributed by atoms with E-state index in [4.69, 9.17) is 0 Å². The molecule has 59 heavy (non-hydrogen) atoms. The highest BCUT2D eigenvalue weighted by Gasteiger charge is 2.40. The molecule has 0 aliphatic heterocycles. The number of rotatable bonds is 8. The van der Waals surface area contributed by atoms with Crippen LogP contribution in [0.15, 0.2) is 164 Å². The maximum atomic E-state index is 2.53. The van der Waals surface area contributed by atoms with E-state index >= 15 is 0 Å². The van der Waals surface area contributed by atoms with E-state index < -0.39 is 0 Å². The van der Waals surface area contributed by atoms with E-state index in [2.05, 4.69) is 183 Å². The van der Waals surface area contributed by atoms with Crippen LogP contribution < -0.4 is 4.90 Å². The highest BCUT2D eigenvalue weighted by Crippen LogP contribution is 2.56. The number of nitrogens with zero attached hydrogens (tertiary/aromatic N) is 1. The zero-order valence-electron chi connectivity index (χ0n) is 34.7. The van der Waals surface area contributed by atoms with Crippen molar-refractivity contribution in [1.29, 1.82) is 0 Å². The van der Waals surface area contributed by atoms with Gasteiger partial charge >= 0.3 is 0 Å². The molecule has 0 heterocycles. The van der Waals surface area contributed by atoms with Gasteiger partial charge in [0.05, 0.1) is 5.69 Å². The highest BCUT2D eigenvalue weighted by atomic mass is 15.1.